The zero-order valence-corrected chi connectivity index (χ0v) is 12.4. The third-order valence-electron chi connectivity index (χ3n) is 4.07. The first kappa shape index (κ1) is 14.3. The second kappa shape index (κ2) is 6.43. The number of halogens is 1. The molecule has 1 saturated heterocycles. The van der Waals surface area contributed by atoms with E-state index in [1.165, 1.54) is 6.07 Å². The lowest BCUT2D eigenvalue weighted by Crippen LogP contribution is -2.36. The van der Waals surface area contributed by atoms with Gasteiger partial charge < -0.3 is 15.0 Å². The van der Waals surface area contributed by atoms with Crippen LogP contribution in [-0.4, -0.2) is 50.1 Å². The highest BCUT2D eigenvalue weighted by Gasteiger charge is 2.22. The summed E-state index contributed by atoms with van der Waals surface area (Å²) in [6.07, 6.45) is 3.10. The number of likely N-dealkylation sites (tertiary alicyclic amines) is 1. The minimum absolute atomic E-state index is 0.158. The first-order valence-corrected chi connectivity index (χ1v) is 7.66. The Balaban J connectivity index is 1.81. The van der Waals surface area contributed by atoms with E-state index in [-0.39, 0.29) is 11.9 Å². The van der Waals surface area contributed by atoms with E-state index >= 15 is 0 Å². The Morgan fingerprint density at radius 2 is 2.14 bits per heavy atom. The molecular formula is C16H22FN3O. The lowest BCUT2D eigenvalue weighted by Gasteiger charge is -2.30. The summed E-state index contributed by atoms with van der Waals surface area (Å²) in [4.78, 5) is 6.69. The Kier molecular flexibility index (Phi) is 4.39. The van der Waals surface area contributed by atoms with Crippen LogP contribution in [0.1, 0.15) is 24.8 Å². The van der Waals surface area contributed by atoms with E-state index in [1.807, 2.05) is 6.07 Å². The van der Waals surface area contributed by atoms with E-state index in [4.69, 9.17) is 4.74 Å². The lowest BCUT2D eigenvalue weighted by molar-refractivity contribution is 0.114. The Morgan fingerprint density at radius 3 is 2.86 bits per heavy atom. The summed E-state index contributed by atoms with van der Waals surface area (Å²) in [5.41, 5.74) is 0.483. The molecule has 0 atom stereocenters. The van der Waals surface area contributed by atoms with Gasteiger partial charge in [0.15, 0.2) is 0 Å². The van der Waals surface area contributed by atoms with E-state index in [1.54, 1.807) is 6.07 Å². The fraction of sp³-hybridized carbons (Fsp3) is 0.562. The number of nitrogens with zero attached hydrogens (tertiary/aromatic N) is 2. The third-order valence-corrected chi connectivity index (χ3v) is 4.07. The second-order valence-corrected chi connectivity index (χ2v) is 5.74. The fourth-order valence-electron chi connectivity index (χ4n) is 2.81. The first-order valence-electron chi connectivity index (χ1n) is 7.66. The number of amidine groups is 1. The Bertz CT molecular complexity index is 524. The van der Waals surface area contributed by atoms with Crippen molar-refractivity contribution in [1.29, 1.82) is 0 Å². The molecule has 1 fully saturated rings. The molecule has 0 aliphatic carbocycles. The van der Waals surface area contributed by atoms with Crippen LogP contribution in [0.15, 0.2) is 23.2 Å². The van der Waals surface area contributed by atoms with E-state index in [0.29, 0.717) is 17.1 Å². The number of aliphatic imine (C=N–C) groups is 1. The minimum atomic E-state index is -0.270. The molecule has 1 aromatic carbocycles. The number of hydrogen-bond donors (Lipinski definition) is 1. The third kappa shape index (κ3) is 3.35. The van der Waals surface area contributed by atoms with Gasteiger partial charge in [0, 0.05) is 26.2 Å². The second-order valence-electron chi connectivity index (χ2n) is 5.74. The molecule has 3 rings (SSSR count). The maximum atomic E-state index is 14.2. The quantitative estimate of drug-likeness (QED) is 0.926. The molecule has 0 spiro atoms. The van der Waals surface area contributed by atoms with Crippen molar-refractivity contribution in [1.82, 2.24) is 10.2 Å². The maximum Gasteiger partial charge on any atom is 0.137 e. The average molecular weight is 291 g/mol. The van der Waals surface area contributed by atoms with Crippen LogP contribution < -0.4 is 10.1 Å². The van der Waals surface area contributed by atoms with Crippen LogP contribution in [0.4, 0.5) is 4.39 Å². The van der Waals surface area contributed by atoms with Gasteiger partial charge in [0.2, 0.25) is 0 Å². The number of ether oxygens (including phenoxy) is 1. The number of piperidine rings is 1. The number of rotatable bonds is 3. The van der Waals surface area contributed by atoms with E-state index in [0.717, 1.165) is 45.4 Å². The zero-order valence-electron chi connectivity index (χ0n) is 12.4. The summed E-state index contributed by atoms with van der Waals surface area (Å²) in [5, 5.41) is 3.18. The summed E-state index contributed by atoms with van der Waals surface area (Å²) in [6.45, 7) is 3.62. The summed E-state index contributed by atoms with van der Waals surface area (Å²) in [6, 6.07) is 5.01. The van der Waals surface area contributed by atoms with Gasteiger partial charge in [-0.05, 0) is 38.4 Å². The van der Waals surface area contributed by atoms with Crippen LogP contribution in [0.5, 0.6) is 5.75 Å². The van der Waals surface area contributed by atoms with Crippen LogP contribution in [-0.2, 0) is 0 Å². The summed E-state index contributed by atoms with van der Waals surface area (Å²) >= 11 is 0. The van der Waals surface area contributed by atoms with E-state index < -0.39 is 0 Å². The molecule has 0 bridgehead atoms. The molecule has 2 aliphatic rings. The van der Waals surface area contributed by atoms with Gasteiger partial charge in [0.05, 0.1) is 5.56 Å². The molecule has 1 N–H and O–H groups in total. The zero-order chi connectivity index (χ0) is 14.7. The van der Waals surface area contributed by atoms with Gasteiger partial charge in [-0.1, -0.05) is 6.07 Å². The largest absolute Gasteiger partial charge is 0.489 e. The molecule has 21 heavy (non-hydrogen) atoms. The van der Waals surface area contributed by atoms with Crippen molar-refractivity contribution in [3.8, 4) is 5.75 Å². The van der Waals surface area contributed by atoms with Gasteiger partial charge >= 0.3 is 0 Å². The van der Waals surface area contributed by atoms with Crippen LogP contribution >= 0.6 is 0 Å². The summed E-state index contributed by atoms with van der Waals surface area (Å²) in [7, 11) is 2.12. The van der Waals surface area contributed by atoms with Crippen molar-refractivity contribution in [3.63, 3.8) is 0 Å². The predicted molar refractivity (Wildman–Crippen MR) is 81.6 cm³/mol. The molecule has 1 aromatic rings. The van der Waals surface area contributed by atoms with Crippen LogP contribution in [0, 0.1) is 5.82 Å². The number of hydrogen-bond acceptors (Lipinski definition) is 4. The minimum Gasteiger partial charge on any atom is -0.489 e. The number of benzene rings is 1. The van der Waals surface area contributed by atoms with E-state index in [9.17, 15) is 4.39 Å². The van der Waals surface area contributed by atoms with Crippen LogP contribution in [0.3, 0.4) is 0 Å². The molecule has 0 radical (unpaired) electrons. The smallest absolute Gasteiger partial charge is 0.137 e. The Labute approximate surface area is 125 Å². The standard InChI is InChI=1S/C16H22FN3O/c1-20-10-6-12(7-11-20)21-14-5-2-4-13(17)15(14)16-18-8-3-9-19-16/h2,4-5,12H,3,6-11H2,1H3,(H,18,19). The van der Waals surface area contributed by atoms with Crippen molar-refractivity contribution in [3.05, 3.63) is 29.6 Å². The normalized spacial score (nSPS) is 20.8. The fourth-order valence-corrected chi connectivity index (χ4v) is 2.81. The SMILES string of the molecule is CN1CCC(Oc2cccc(F)c2C2=NCCCN2)CC1. The monoisotopic (exact) mass is 291 g/mol. The molecule has 114 valence electrons. The van der Waals surface area contributed by atoms with Crippen molar-refractivity contribution in [2.24, 2.45) is 4.99 Å². The van der Waals surface area contributed by atoms with Crippen molar-refractivity contribution in [2.45, 2.75) is 25.4 Å². The molecule has 0 aromatic heterocycles. The molecule has 5 heteroatoms. The van der Waals surface area contributed by atoms with Gasteiger partial charge in [0.25, 0.3) is 0 Å². The van der Waals surface area contributed by atoms with Crippen molar-refractivity contribution in [2.75, 3.05) is 33.2 Å². The molecule has 0 saturated carbocycles. The Morgan fingerprint density at radius 1 is 1.33 bits per heavy atom. The molecule has 4 nitrogen and oxygen atoms in total. The van der Waals surface area contributed by atoms with Gasteiger partial charge in [-0.25, -0.2) is 4.39 Å². The predicted octanol–water partition coefficient (Wildman–Crippen LogP) is 2.04. The van der Waals surface area contributed by atoms with Gasteiger partial charge in [-0.2, -0.15) is 0 Å². The van der Waals surface area contributed by atoms with E-state index in [2.05, 4.69) is 22.3 Å². The molecule has 0 unspecified atom stereocenters. The Hall–Kier alpha value is -1.62. The maximum absolute atomic E-state index is 14.2. The van der Waals surface area contributed by atoms with Gasteiger partial charge in [-0.3, -0.25) is 4.99 Å². The van der Waals surface area contributed by atoms with Crippen molar-refractivity contribution >= 4 is 5.84 Å². The molecule has 2 heterocycles. The summed E-state index contributed by atoms with van der Waals surface area (Å²) in [5.74, 6) is 0.966. The van der Waals surface area contributed by atoms with Gasteiger partial charge in [-0.15, -0.1) is 0 Å². The highest BCUT2D eigenvalue weighted by Crippen LogP contribution is 2.26. The molecular weight excluding hydrogens is 269 g/mol. The van der Waals surface area contributed by atoms with Gasteiger partial charge in [0.1, 0.15) is 23.5 Å². The van der Waals surface area contributed by atoms with Crippen LogP contribution in [0.25, 0.3) is 0 Å². The highest BCUT2D eigenvalue weighted by atomic mass is 19.1. The van der Waals surface area contributed by atoms with Crippen LogP contribution in [0.2, 0.25) is 0 Å². The number of nitrogens with one attached hydrogen (secondary N) is 1. The summed E-state index contributed by atoms with van der Waals surface area (Å²) < 4.78 is 20.3. The first-order chi connectivity index (χ1) is 10.2. The van der Waals surface area contributed by atoms with Crippen molar-refractivity contribution < 1.29 is 9.13 Å². The molecule has 0 amide bonds. The average Bonchev–Trinajstić information content (AvgIpc) is 2.51. The molecule has 2 aliphatic heterocycles. The highest BCUT2D eigenvalue weighted by molar-refractivity contribution is 6.01. The lowest BCUT2D eigenvalue weighted by atomic mass is 10.1. The topological polar surface area (TPSA) is 36.9 Å².